The molecule has 0 amide bonds. The van der Waals surface area contributed by atoms with Crippen molar-refractivity contribution in [2.45, 2.75) is 26.1 Å². The van der Waals surface area contributed by atoms with Crippen molar-refractivity contribution in [3.8, 4) is 0 Å². The fourth-order valence-corrected chi connectivity index (χ4v) is 2.66. The molecule has 13 heavy (non-hydrogen) atoms. The van der Waals surface area contributed by atoms with E-state index in [4.69, 9.17) is 4.74 Å². The molecule has 3 heteroatoms. The molecule has 70 valence electrons. The van der Waals surface area contributed by atoms with E-state index < -0.39 is 0 Å². The van der Waals surface area contributed by atoms with Gasteiger partial charge in [-0.25, -0.2) is 0 Å². The summed E-state index contributed by atoms with van der Waals surface area (Å²) < 4.78 is 6.22. The van der Waals surface area contributed by atoms with Crippen molar-refractivity contribution in [1.29, 1.82) is 0 Å². The van der Waals surface area contributed by atoms with Crippen LogP contribution in [0.3, 0.4) is 0 Å². The second-order valence-electron chi connectivity index (χ2n) is 3.65. The molecule has 2 heterocycles. The number of ketones is 1. The second kappa shape index (κ2) is 3.07. The lowest BCUT2D eigenvalue weighted by Gasteiger charge is -2.25. The van der Waals surface area contributed by atoms with Gasteiger partial charge in [0.15, 0.2) is 0 Å². The Morgan fingerprint density at radius 3 is 2.62 bits per heavy atom. The highest BCUT2D eigenvalue weighted by Crippen LogP contribution is 2.36. The highest BCUT2D eigenvalue weighted by atomic mass is 79.9. The van der Waals surface area contributed by atoms with E-state index in [1.165, 1.54) is 0 Å². The highest BCUT2D eigenvalue weighted by molar-refractivity contribution is 9.12. The van der Waals surface area contributed by atoms with Crippen LogP contribution >= 0.6 is 15.9 Å². The molecule has 2 aliphatic heterocycles. The monoisotopic (exact) mass is 242 g/mol. The van der Waals surface area contributed by atoms with Crippen LogP contribution in [0.4, 0.5) is 0 Å². The van der Waals surface area contributed by atoms with Crippen LogP contribution in [-0.4, -0.2) is 18.0 Å². The maximum atomic E-state index is 11.6. The van der Waals surface area contributed by atoms with E-state index in [0.29, 0.717) is 10.4 Å². The number of carbonyl (C=O) groups is 1. The molecule has 0 N–H and O–H groups in total. The summed E-state index contributed by atoms with van der Waals surface area (Å²) >= 11 is 3.35. The molecule has 2 atom stereocenters. The van der Waals surface area contributed by atoms with Gasteiger partial charge in [-0.05, 0) is 33.5 Å². The fraction of sp³-hybridized carbons (Fsp3) is 0.500. The molecule has 0 aromatic carbocycles. The smallest absolute Gasteiger partial charge is 0.202 e. The van der Waals surface area contributed by atoms with Crippen LogP contribution in [0.25, 0.3) is 0 Å². The van der Waals surface area contributed by atoms with Crippen LogP contribution in [0, 0.1) is 5.92 Å². The first-order valence-electron chi connectivity index (χ1n) is 4.39. The van der Waals surface area contributed by atoms with Crippen LogP contribution in [0.5, 0.6) is 0 Å². The second-order valence-corrected chi connectivity index (χ2v) is 4.44. The number of carbonyl (C=O) groups excluding carboxylic acids is 1. The Morgan fingerprint density at radius 2 is 2.00 bits per heavy atom. The zero-order valence-corrected chi connectivity index (χ0v) is 9.17. The summed E-state index contributed by atoms with van der Waals surface area (Å²) in [7, 11) is 0. The lowest BCUT2D eigenvalue weighted by molar-refractivity contribution is -0.124. The lowest BCUT2D eigenvalue weighted by Crippen LogP contribution is -2.31. The third-order valence-electron chi connectivity index (χ3n) is 2.41. The predicted octanol–water partition coefficient (Wildman–Crippen LogP) is 2.20. The van der Waals surface area contributed by atoms with Gasteiger partial charge >= 0.3 is 0 Å². The SMILES string of the molecule is CC(C)C1=C(Br)C(=O)C2C=CC1O2. The number of hydrogen-bond donors (Lipinski definition) is 0. The van der Waals surface area contributed by atoms with Crippen molar-refractivity contribution < 1.29 is 9.53 Å². The maximum absolute atomic E-state index is 11.6. The van der Waals surface area contributed by atoms with Gasteiger partial charge in [-0.2, -0.15) is 0 Å². The van der Waals surface area contributed by atoms with Crippen LogP contribution in [0.1, 0.15) is 13.8 Å². The first-order valence-corrected chi connectivity index (χ1v) is 5.18. The minimum Gasteiger partial charge on any atom is -0.354 e. The lowest BCUT2D eigenvalue weighted by atomic mass is 9.95. The Balaban J connectivity index is 2.46. The first-order chi connectivity index (χ1) is 6.11. The summed E-state index contributed by atoms with van der Waals surface area (Å²) in [6, 6.07) is 0. The molecule has 2 unspecified atom stereocenters. The van der Waals surface area contributed by atoms with Gasteiger partial charge in [-0.1, -0.05) is 19.9 Å². The van der Waals surface area contributed by atoms with Crippen LogP contribution in [0.2, 0.25) is 0 Å². The average molecular weight is 243 g/mol. The van der Waals surface area contributed by atoms with Gasteiger partial charge in [-0.3, -0.25) is 4.79 Å². The third-order valence-corrected chi connectivity index (χ3v) is 3.26. The van der Waals surface area contributed by atoms with E-state index in [2.05, 4.69) is 29.8 Å². The predicted molar refractivity (Wildman–Crippen MR) is 53.6 cm³/mol. The molecule has 2 aliphatic rings. The van der Waals surface area contributed by atoms with Crippen LogP contribution in [0.15, 0.2) is 22.2 Å². The molecule has 2 rings (SSSR count). The van der Waals surface area contributed by atoms with Crippen molar-refractivity contribution in [3.63, 3.8) is 0 Å². The Kier molecular flexibility index (Phi) is 2.16. The Labute approximate surface area is 85.8 Å². The summed E-state index contributed by atoms with van der Waals surface area (Å²) in [5, 5.41) is 0. The standard InChI is InChI=1S/C10H11BrO2/c1-5(2)8-6-3-4-7(13-6)10(12)9(8)11/h3-7H,1-2H3. The fourth-order valence-electron chi connectivity index (χ4n) is 1.75. The average Bonchev–Trinajstić information content (AvgIpc) is 2.47. The summed E-state index contributed by atoms with van der Waals surface area (Å²) in [6.07, 6.45) is 3.47. The van der Waals surface area contributed by atoms with E-state index in [0.717, 1.165) is 5.57 Å². The van der Waals surface area contributed by atoms with E-state index in [-0.39, 0.29) is 18.0 Å². The normalized spacial score (nSPS) is 32.2. The minimum absolute atomic E-state index is 0.0112. The van der Waals surface area contributed by atoms with Gasteiger partial charge in [0.2, 0.25) is 5.78 Å². The molecule has 0 fully saturated rings. The molecule has 0 aromatic rings. The maximum Gasteiger partial charge on any atom is 0.202 e. The van der Waals surface area contributed by atoms with Crippen molar-refractivity contribution in [1.82, 2.24) is 0 Å². The molecule has 0 aromatic heterocycles. The van der Waals surface area contributed by atoms with Gasteiger partial charge in [0.25, 0.3) is 0 Å². The Bertz CT molecular complexity index is 315. The molecular weight excluding hydrogens is 232 g/mol. The van der Waals surface area contributed by atoms with E-state index in [1.807, 2.05) is 12.2 Å². The van der Waals surface area contributed by atoms with Crippen molar-refractivity contribution in [2.24, 2.45) is 5.92 Å². The molecule has 0 saturated carbocycles. The van der Waals surface area contributed by atoms with Gasteiger partial charge in [0.05, 0.1) is 10.6 Å². The number of hydrogen-bond acceptors (Lipinski definition) is 2. The zero-order valence-electron chi connectivity index (χ0n) is 7.58. The molecule has 0 spiro atoms. The van der Waals surface area contributed by atoms with E-state index >= 15 is 0 Å². The summed E-state index contributed by atoms with van der Waals surface area (Å²) in [6.45, 7) is 4.14. The van der Waals surface area contributed by atoms with E-state index in [9.17, 15) is 4.79 Å². The van der Waals surface area contributed by atoms with Gasteiger partial charge in [0.1, 0.15) is 6.10 Å². The highest BCUT2D eigenvalue weighted by Gasteiger charge is 2.37. The van der Waals surface area contributed by atoms with Crippen molar-refractivity contribution >= 4 is 21.7 Å². The van der Waals surface area contributed by atoms with Gasteiger partial charge in [0, 0.05) is 0 Å². The third kappa shape index (κ3) is 1.30. The largest absolute Gasteiger partial charge is 0.354 e. The zero-order chi connectivity index (χ0) is 9.59. The molecule has 0 saturated heterocycles. The Hall–Kier alpha value is -0.410. The van der Waals surface area contributed by atoms with E-state index in [1.54, 1.807) is 0 Å². The number of halogens is 1. The summed E-state index contributed by atoms with van der Waals surface area (Å²) in [5.74, 6) is 0.390. The van der Waals surface area contributed by atoms with Gasteiger partial charge < -0.3 is 4.74 Å². The molecule has 0 aliphatic carbocycles. The molecule has 2 bridgehead atoms. The van der Waals surface area contributed by atoms with Crippen molar-refractivity contribution in [2.75, 3.05) is 0 Å². The number of rotatable bonds is 1. The molecule has 0 radical (unpaired) electrons. The van der Waals surface area contributed by atoms with Gasteiger partial charge in [-0.15, -0.1) is 0 Å². The summed E-state index contributed by atoms with van der Waals surface area (Å²) in [4.78, 5) is 11.6. The Morgan fingerprint density at radius 1 is 1.38 bits per heavy atom. The minimum atomic E-state index is -0.345. The van der Waals surface area contributed by atoms with Crippen molar-refractivity contribution in [3.05, 3.63) is 22.2 Å². The quantitative estimate of drug-likeness (QED) is 0.660. The topological polar surface area (TPSA) is 26.3 Å². The first kappa shape index (κ1) is 9.16. The molecular formula is C10H11BrO2. The summed E-state index contributed by atoms with van der Waals surface area (Å²) in [5.41, 5.74) is 1.06. The van der Waals surface area contributed by atoms with Crippen LogP contribution < -0.4 is 0 Å². The van der Waals surface area contributed by atoms with Crippen LogP contribution in [-0.2, 0) is 9.53 Å². The molecule has 2 nitrogen and oxygen atoms in total. The number of fused-ring (bicyclic) bond motifs is 2. The number of ether oxygens (including phenoxy) is 1. The number of Topliss-reactive ketones (excluding diaryl/α,β-unsaturated/α-hetero) is 1.